The van der Waals surface area contributed by atoms with Gasteiger partial charge < -0.3 is 0 Å². The average Bonchev–Trinajstić information content (AvgIpc) is 2.91. The van der Waals surface area contributed by atoms with Gasteiger partial charge in [0.25, 0.3) is 0 Å². The minimum atomic E-state index is -0.161. The number of thiophene rings is 2. The Morgan fingerprint density at radius 1 is 0.800 bits per heavy atom. The van der Waals surface area contributed by atoms with E-state index < -0.39 is 0 Å². The van der Waals surface area contributed by atoms with Gasteiger partial charge in [-0.15, -0.1) is 22.7 Å². The van der Waals surface area contributed by atoms with Crippen LogP contribution in [0.5, 0.6) is 0 Å². The Labute approximate surface area is 143 Å². The molecule has 0 unspecified atom stereocenters. The third kappa shape index (κ3) is 3.75. The molecule has 0 bridgehead atoms. The maximum Gasteiger partial charge on any atom is 0.173 e. The molecule has 2 aromatic rings. The number of rotatable bonds is 5. The molecule has 2 heterocycles. The molecule has 0 atom stereocenters. The summed E-state index contributed by atoms with van der Waals surface area (Å²) in [6, 6.07) is 3.03. The number of halogens is 4. The first kappa shape index (κ1) is 16.3. The molecule has 0 radical (unpaired) electrons. The van der Waals surface area contributed by atoms with Crippen molar-refractivity contribution in [2.75, 3.05) is 0 Å². The van der Waals surface area contributed by atoms with E-state index in [-0.39, 0.29) is 24.4 Å². The van der Waals surface area contributed by atoms with Gasteiger partial charge >= 0.3 is 0 Å². The van der Waals surface area contributed by atoms with Gasteiger partial charge in [0.2, 0.25) is 0 Å². The van der Waals surface area contributed by atoms with E-state index in [2.05, 4.69) is 0 Å². The lowest BCUT2D eigenvalue weighted by atomic mass is 10.1. The topological polar surface area (TPSA) is 34.1 Å². The first-order chi connectivity index (χ1) is 9.38. The van der Waals surface area contributed by atoms with E-state index in [1.165, 1.54) is 12.1 Å². The van der Waals surface area contributed by atoms with E-state index in [9.17, 15) is 9.59 Å². The van der Waals surface area contributed by atoms with Crippen LogP contribution in [0.25, 0.3) is 0 Å². The summed E-state index contributed by atoms with van der Waals surface area (Å²) in [6.07, 6.45) is 0.193. The van der Waals surface area contributed by atoms with Crippen LogP contribution in [-0.2, 0) is 0 Å². The zero-order chi connectivity index (χ0) is 14.9. The van der Waals surface area contributed by atoms with Crippen molar-refractivity contribution >= 4 is 80.6 Å². The van der Waals surface area contributed by atoms with Gasteiger partial charge in [0.05, 0.1) is 19.8 Å². The van der Waals surface area contributed by atoms with Crippen LogP contribution in [-0.4, -0.2) is 11.6 Å². The summed E-state index contributed by atoms with van der Waals surface area (Å²) in [4.78, 5) is 24.7. The number of carbonyl (C=O) groups is 2. The highest BCUT2D eigenvalue weighted by atomic mass is 35.5. The number of hydrogen-bond acceptors (Lipinski definition) is 4. The highest BCUT2D eigenvalue weighted by Gasteiger charge is 2.17. The SMILES string of the molecule is O=C(CCC(=O)c1cc(Cl)c(Cl)s1)c1cc(Cl)c(Cl)s1. The van der Waals surface area contributed by atoms with E-state index in [1.807, 2.05) is 0 Å². The Morgan fingerprint density at radius 3 is 1.40 bits per heavy atom. The Kier molecular flexibility index (Phi) is 5.51. The highest BCUT2D eigenvalue weighted by molar-refractivity contribution is 7.19. The molecule has 2 nitrogen and oxygen atoms in total. The van der Waals surface area contributed by atoms with Gasteiger partial charge in [-0.25, -0.2) is 0 Å². The minimum absolute atomic E-state index is 0.0964. The van der Waals surface area contributed by atoms with E-state index in [0.29, 0.717) is 28.5 Å². The zero-order valence-corrected chi connectivity index (χ0v) is 14.4. The Morgan fingerprint density at radius 2 is 1.15 bits per heavy atom. The van der Waals surface area contributed by atoms with Gasteiger partial charge in [-0.3, -0.25) is 9.59 Å². The lowest BCUT2D eigenvalue weighted by molar-refractivity contribution is 0.0921. The first-order valence-electron chi connectivity index (χ1n) is 5.34. The molecule has 0 aromatic carbocycles. The predicted octanol–water partition coefficient (Wildman–Crippen LogP) is 6.27. The molecule has 0 saturated carbocycles. The van der Waals surface area contributed by atoms with Crippen molar-refractivity contribution in [3.05, 3.63) is 40.6 Å². The van der Waals surface area contributed by atoms with Crippen molar-refractivity contribution in [3.63, 3.8) is 0 Å². The van der Waals surface area contributed by atoms with Gasteiger partial charge in [0.1, 0.15) is 8.67 Å². The molecule has 0 fully saturated rings. The molecule has 2 aromatic heterocycles. The van der Waals surface area contributed by atoms with Gasteiger partial charge in [0.15, 0.2) is 11.6 Å². The van der Waals surface area contributed by atoms with Crippen molar-refractivity contribution in [2.24, 2.45) is 0 Å². The fraction of sp³-hybridized carbons (Fsp3) is 0.167. The van der Waals surface area contributed by atoms with Crippen molar-refractivity contribution in [1.29, 1.82) is 0 Å². The van der Waals surface area contributed by atoms with Crippen molar-refractivity contribution in [1.82, 2.24) is 0 Å². The van der Waals surface area contributed by atoms with Crippen molar-refractivity contribution in [2.45, 2.75) is 12.8 Å². The number of hydrogen-bond donors (Lipinski definition) is 0. The Balaban J connectivity index is 1.98. The molecule has 0 amide bonds. The number of Topliss-reactive ketones (excluding diaryl/α,β-unsaturated/α-hetero) is 2. The largest absolute Gasteiger partial charge is 0.293 e. The summed E-state index contributed by atoms with van der Waals surface area (Å²) in [7, 11) is 0. The monoisotopic (exact) mass is 386 g/mol. The maximum absolute atomic E-state index is 11.9. The first-order valence-corrected chi connectivity index (χ1v) is 8.49. The molecule has 0 N–H and O–H groups in total. The Hall–Kier alpha value is -0.100. The quantitative estimate of drug-likeness (QED) is 0.566. The molecular weight excluding hydrogens is 382 g/mol. The molecule has 20 heavy (non-hydrogen) atoms. The smallest absolute Gasteiger partial charge is 0.173 e. The molecule has 2 rings (SSSR count). The second kappa shape index (κ2) is 6.77. The lowest BCUT2D eigenvalue weighted by Gasteiger charge is -1.97. The van der Waals surface area contributed by atoms with E-state index >= 15 is 0 Å². The fourth-order valence-electron chi connectivity index (χ4n) is 1.44. The third-order valence-corrected chi connectivity index (χ3v) is 6.23. The van der Waals surface area contributed by atoms with Crippen LogP contribution in [0.4, 0.5) is 0 Å². The molecule has 0 aliphatic heterocycles. The van der Waals surface area contributed by atoms with Crippen LogP contribution < -0.4 is 0 Å². The van der Waals surface area contributed by atoms with E-state index in [1.54, 1.807) is 0 Å². The summed E-state index contributed by atoms with van der Waals surface area (Å²) in [5, 5.41) is 0.700. The maximum atomic E-state index is 11.9. The molecule has 0 spiro atoms. The van der Waals surface area contributed by atoms with Gasteiger partial charge in [-0.1, -0.05) is 46.4 Å². The van der Waals surface area contributed by atoms with Gasteiger partial charge in [-0.05, 0) is 12.1 Å². The van der Waals surface area contributed by atoms with E-state index in [0.717, 1.165) is 22.7 Å². The minimum Gasteiger partial charge on any atom is -0.293 e. The number of ketones is 2. The van der Waals surface area contributed by atoms with Crippen LogP contribution in [0.3, 0.4) is 0 Å². The average molecular weight is 388 g/mol. The van der Waals surface area contributed by atoms with Crippen LogP contribution in [0.2, 0.25) is 18.7 Å². The highest BCUT2D eigenvalue weighted by Crippen LogP contribution is 2.34. The predicted molar refractivity (Wildman–Crippen MR) is 86.6 cm³/mol. The molecular formula is C12H6Cl4O2S2. The third-order valence-electron chi connectivity index (χ3n) is 2.42. The summed E-state index contributed by atoms with van der Waals surface area (Å²) in [5.41, 5.74) is 0. The summed E-state index contributed by atoms with van der Waals surface area (Å²) in [6.45, 7) is 0. The standard InChI is InChI=1S/C12H6Cl4O2S2/c13-5-3-9(19-11(5)15)7(17)1-2-8(18)10-4-6(14)12(16)20-10/h3-4H,1-2H2. The molecule has 8 heteroatoms. The van der Waals surface area contributed by atoms with Gasteiger partial charge in [-0.2, -0.15) is 0 Å². The zero-order valence-electron chi connectivity index (χ0n) is 9.71. The van der Waals surface area contributed by atoms with Gasteiger partial charge in [0, 0.05) is 12.8 Å². The second-order valence-electron chi connectivity index (χ2n) is 3.81. The van der Waals surface area contributed by atoms with E-state index in [4.69, 9.17) is 46.4 Å². The lowest BCUT2D eigenvalue weighted by Crippen LogP contribution is -2.02. The van der Waals surface area contributed by atoms with Crippen LogP contribution in [0, 0.1) is 0 Å². The summed E-state index contributed by atoms with van der Waals surface area (Å²) in [5.74, 6) is -0.322. The molecule has 106 valence electrons. The Bertz CT molecular complexity index is 578. The second-order valence-corrected chi connectivity index (χ2v) is 7.93. The number of carbonyl (C=O) groups excluding carboxylic acids is 2. The summed E-state index contributed by atoms with van der Waals surface area (Å²) >= 11 is 25.4. The van der Waals surface area contributed by atoms with Crippen molar-refractivity contribution in [3.8, 4) is 0 Å². The fourth-order valence-corrected chi connectivity index (χ4v) is 4.11. The molecule has 0 aliphatic rings. The normalized spacial score (nSPS) is 10.8. The van der Waals surface area contributed by atoms with Crippen LogP contribution >= 0.6 is 69.1 Å². The van der Waals surface area contributed by atoms with Crippen LogP contribution in [0.1, 0.15) is 32.2 Å². The summed E-state index contributed by atoms with van der Waals surface area (Å²) < 4.78 is 0.747. The van der Waals surface area contributed by atoms with Crippen molar-refractivity contribution < 1.29 is 9.59 Å². The molecule has 0 saturated heterocycles. The molecule has 0 aliphatic carbocycles. The van der Waals surface area contributed by atoms with Crippen LogP contribution in [0.15, 0.2) is 12.1 Å².